The fraction of sp³-hybridized carbons (Fsp3) is 0.625. The Morgan fingerprint density at radius 2 is 2.00 bits per heavy atom. The van der Waals surface area contributed by atoms with Crippen LogP contribution >= 0.6 is 11.6 Å². The maximum absolute atomic E-state index is 12.1. The minimum Gasteiger partial charge on any atom is -0.353 e. The van der Waals surface area contributed by atoms with Crippen LogP contribution in [0.3, 0.4) is 0 Å². The number of pyridine rings is 1. The molecule has 0 saturated carbocycles. The first-order valence-corrected chi connectivity index (χ1v) is 8.20. The van der Waals surface area contributed by atoms with Gasteiger partial charge in [-0.15, -0.1) is 0 Å². The number of halogens is 1. The van der Waals surface area contributed by atoms with Crippen LogP contribution in [-0.4, -0.2) is 59.0 Å². The first-order chi connectivity index (χ1) is 10.5. The molecular formula is C16H25ClN4O. The molecule has 1 atom stereocenters. The lowest BCUT2D eigenvalue weighted by atomic mass is 10.2. The van der Waals surface area contributed by atoms with Crippen molar-refractivity contribution in [2.24, 2.45) is 0 Å². The molecular weight excluding hydrogens is 300 g/mol. The number of nitrogens with one attached hydrogen (secondary N) is 1. The minimum atomic E-state index is -0.0749. The highest BCUT2D eigenvalue weighted by Gasteiger charge is 2.25. The van der Waals surface area contributed by atoms with E-state index in [1.807, 2.05) is 26.8 Å². The first-order valence-electron chi connectivity index (χ1n) is 7.82. The van der Waals surface area contributed by atoms with Gasteiger partial charge in [-0.25, -0.2) is 0 Å². The number of nitrogens with zero attached hydrogens (tertiary/aromatic N) is 3. The van der Waals surface area contributed by atoms with Crippen molar-refractivity contribution < 1.29 is 4.79 Å². The zero-order valence-corrected chi connectivity index (χ0v) is 14.3. The van der Waals surface area contributed by atoms with Crippen LogP contribution in [0.1, 0.15) is 26.3 Å². The maximum Gasteiger partial charge on any atom is 0.237 e. The molecule has 1 aliphatic heterocycles. The van der Waals surface area contributed by atoms with Gasteiger partial charge in [-0.3, -0.25) is 19.6 Å². The minimum absolute atomic E-state index is 0.0749. The van der Waals surface area contributed by atoms with E-state index in [4.69, 9.17) is 11.6 Å². The fourth-order valence-electron chi connectivity index (χ4n) is 2.65. The van der Waals surface area contributed by atoms with Gasteiger partial charge in [0.05, 0.1) is 11.1 Å². The van der Waals surface area contributed by atoms with E-state index in [0.717, 1.165) is 43.3 Å². The van der Waals surface area contributed by atoms with Crippen molar-refractivity contribution in [2.45, 2.75) is 39.4 Å². The molecule has 1 N–H and O–H groups in total. The van der Waals surface area contributed by atoms with Gasteiger partial charge in [-0.05, 0) is 32.4 Å². The monoisotopic (exact) mass is 324 g/mol. The number of carbonyl (C=O) groups excluding carboxylic acids is 1. The van der Waals surface area contributed by atoms with Gasteiger partial charge in [0.2, 0.25) is 5.91 Å². The molecule has 1 aromatic heterocycles. The van der Waals surface area contributed by atoms with E-state index in [-0.39, 0.29) is 18.0 Å². The second-order valence-corrected chi connectivity index (χ2v) is 6.53. The number of hydrogen-bond acceptors (Lipinski definition) is 4. The number of carbonyl (C=O) groups is 1. The standard InChI is InChI=1S/C16H25ClN4O/c1-12(2)19-16(22)13(3)21-8-6-20(7-9-21)11-14-4-5-18-10-15(14)17/h4-5,10,12-13H,6-9,11H2,1-3H3,(H,19,22)/t13-/m1/s1. The van der Waals surface area contributed by atoms with Gasteiger partial charge >= 0.3 is 0 Å². The molecule has 122 valence electrons. The van der Waals surface area contributed by atoms with Gasteiger partial charge in [-0.1, -0.05) is 11.6 Å². The van der Waals surface area contributed by atoms with Crippen molar-refractivity contribution >= 4 is 17.5 Å². The Hall–Kier alpha value is -1.17. The Balaban J connectivity index is 1.83. The van der Waals surface area contributed by atoms with Crippen molar-refractivity contribution in [3.05, 3.63) is 29.0 Å². The molecule has 2 rings (SSSR count). The van der Waals surface area contributed by atoms with Gasteiger partial charge in [0, 0.05) is 51.2 Å². The molecule has 0 unspecified atom stereocenters. The topological polar surface area (TPSA) is 48.5 Å². The highest BCUT2D eigenvalue weighted by atomic mass is 35.5. The smallest absolute Gasteiger partial charge is 0.237 e. The summed E-state index contributed by atoms with van der Waals surface area (Å²) < 4.78 is 0. The van der Waals surface area contributed by atoms with Crippen LogP contribution in [0.5, 0.6) is 0 Å². The molecule has 0 aliphatic carbocycles. The summed E-state index contributed by atoms with van der Waals surface area (Å²) in [5.41, 5.74) is 1.11. The fourth-order valence-corrected chi connectivity index (χ4v) is 2.83. The molecule has 0 spiro atoms. The van der Waals surface area contributed by atoms with E-state index in [2.05, 4.69) is 20.1 Å². The van der Waals surface area contributed by atoms with Crippen LogP contribution in [0, 0.1) is 0 Å². The third-order valence-corrected chi connectivity index (χ3v) is 4.36. The molecule has 2 heterocycles. The zero-order valence-electron chi connectivity index (χ0n) is 13.6. The Labute approximate surface area is 137 Å². The number of aromatic nitrogens is 1. The Morgan fingerprint density at radius 3 is 2.59 bits per heavy atom. The molecule has 0 radical (unpaired) electrons. The zero-order chi connectivity index (χ0) is 16.1. The maximum atomic E-state index is 12.1. The summed E-state index contributed by atoms with van der Waals surface area (Å²) in [6, 6.07) is 2.08. The summed E-state index contributed by atoms with van der Waals surface area (Å²) in [5.74, 6) is 0.112. The average molecular weight is 325 g/mol. The lowest BCUT2D eigenvalue weighted by Crippen LogP contribution is -2.54. The van der Waals surface area contributed by atoms with Crippen LogP contribution < -0.4 is 5.32 Å². The summed E-state index contributed by atoms with van der Waals surface area (Å²) in [4.78, 5) is 20.7. The Morgan fingerprint density at radius 1 is 1.32 bits per heavy atom. The van der Waals surface area contributed by atoms with E-state index in [9.17, 15) is 4.79 Å². The second-order valence-electron chi connectivity index (χ2n) is 6.12. The third kappa shape index (κ3) is 4.66. The van der Waals surface area contributed by atoms with Gasteiger partial charge < -0.3 is 5.32 Å². The first kappa shape index (κ1) is 17.2. The molecule has 0 bridgehead atoms. The van der Waals surface area contributed by atoms with Crippen LogP contribution in [0.25, 0.3) is 0 Å². The summed E-state index contributed by atoms with van der Waals surface area (Å²) in [5, 5.41) is 3.70. The highest BCUT2D eigenvalue weighted by Crippen LogP contribution is 2.17. The molecule has 6 heteroatoms. The van der Waals surface area contributed by atoms with Crippen LogP contribution in [-0.2, 0) is 11.3 Å². The largest absolute Gasteiger partial charge is 0.353 e. The van der Waals surface area contributed by atoms with E-state index < -0.39 is 0 Å². The van der Waals surface area contributed by atoms with Crippen molar-refractivity contribution in [3.63, 3.8) is 0 Å². The van der Waals surface area contributed by atoms with E-state index in [0.29, 0.717) is 0 Å². The van der Waals surface area contributed by atoms with Crippen molar-refractivity contribution in [1.82, 2.24) is 20.1 Å². The summed E-state index contributed by atoms with van der Waals surface area (Å²) in [7, 11) is 0. The van der Waals surface area contributed by atoms with Gasteiger partial charge in [0.25, 0.3) is 0 Å². The number of hydrogen-bond donors (Lipinski definition) is 1. The Bertz CT molecular complexity index is 501. The Kier molecular flexibility index (Phi) is 6.17. The predicted octanol–water partition coefficient (Wildman–Crippen LogP) is 1.77. The average Bonchev–Trinajstić information content (AvgIpc) is 2.49. The molecule has 1 amide bonds. The third-order valence-electron chi connectivity index (χ3n) is 4.02. The molecule has 22 heavy (non-hydrogen) atoms. The van der Waals surface area contributed by atoms with Crippen LogP contribution in [0.4, 0.5) is 0 Å². The molecule has 1 aromatic rings. The van der Waals surface area contributed by atoms with Crippen LogP contribution in [0.15, 0.2) is 18.5 Å². The number of piperazine rings is 1. The van der Waals surface area contributed by atoms with E-state index in [1.165, 1.54) is 0 Å². The summed E-state index contributed by atoms with van der Waals surface area (Å²) in [6.45, 7) is 10.5. The lowest BCUT2D eigenvalue weighted by molar-refractivity contribution is -0.127. The normalized spacial score (nSPS) is 18.4. The lowest BCUT2D eigenvalue weighted by Gasteiger charge is -2.37. The highest BCUT2D eigenvalue weighted by molar-refractivity contribution is 6.31. The van der Waals surface area contributed by atoms with E-state index in [1.54, 1.807) is 12.4 Å². The summed E-state index contributed by atoms with van der Waals surface area (Å²) in [6.07, 6.45) is 3.46. The molecule has 1 aliphatic rings. The summed E-state index contributed by atoms with van der Waals surface area (Å²) >= 11 is 6.16. The SMILES string of the molecule is CC(C)NC(=O)[C@@H](C)N1CCN(Cc2ccncc2Cl)CC1. The quantitative estimate of drug-likeness (QED) is 0.896. The van der Waals surface area contributed by atoms with Crippen LogP contribution in [0.2, 0.25) is 5.02 Å². The van der Waals surface area contributed by atoms with E-state index >= 15 is 0 Å². The van der Waals surface area contributed by atoms with Crippen molar-refractivity contribution in [2.75, 3.05) is 26.2 Å². The van der Waals surface area contributed by atoms with Gasteiger partial charge in [0.1, 0.15) is 0 Å². The predicted molar refractivity (Wildman–Crippen MR) is 88.8 cm³/mol. The van der Waals surface area contributed by atoms with Crippen molar-refractivity contribution in [1.29, 1.82) is 0 Å². The molecule has 1 fully saturated rings. The molecule has 5 nitrogen and oxygen atoms in total. The second kappa shape index (κ2) is 7.90. The van der Waals surface area contributed by atoms with Gasteiger partial charge in [-0.2, -0.15) is 0 Å². The number of rotatable bonds is 5. The number of amides is 1. The van der Waals surface area contributed by atoms with Crippen molar-refractivity contribution in [3.8, 4) is 0 Å². The molecule has 0 aromatic carbocycles. The molecule has 1 saturated heterocycles. The van der Waals surface area contributed by atoms with Gasteiger partial charge in [0.15, 0.2) is 0 Å².